The summed E-state index contributed by atoms with van der Waals surface area (Å²) < 4.78 is 14.7. The number of thiazole rings is 1. The van der Waals surface area contributed by atoms with Crippen LogP contribution in [0, 0.1) is 12.7 Å². The summed E-state index contributed by atoms with van der Waals surface area (Å²) in [6, 6.07) is 5.31. The van der Waals surface area contributed by atoms with Crippen LogP contribution in [0.2, 0.25) is 0 Å². The maximum Gasteiger partial charge on any atom is 0.251 e. The van der Waals surface area contributed by atoms with Crippen LogP contribution in [-0.4, -0.2) is 25.7 Å². The van der Waals surface area contributed by atoms with E-state index >= 15 is 0 Å². The molecule has 0 aliphatic heterocycles. The summed E-state index contributed by atoms with van der Waals surface area (Å²) in [6.07, 6.45) is 2.88. The highest BCUT2D eigenvalue weighted by atomic mass is 32.1. The monoisotopic (exact) mass is 345 g/mol. The lowest BCUT2D eigenvalue weighted by molar-refractivity contribution is -0.121. The van der Waals surface area contributed by atoms with Crippen molar-refractivity contribution in [1.29, 1.82) is 0 Å². The molecule has 0 N–H and O–H groups in total. The van der Waals surface area contributed by atoms with Crippen molar-refractivity contribution in [2.45, 2.75) is 26.4 Å². The lowest BCUT2D eigenvalue weighted by Gasteiger charge is -2.25. The Morgan fingerprint density at radius 2 is 2.12 bits per heavy atom. The molecule has 0 spiro atoms. The number of hydrogen-bond donors (Lipinski definition) is 0. The van der Waals surface area contributed by atoms with E-state index < -0.39 is 6.04 Å². The summed E-state index contributed by atoms with van der Waals surface area (Å²) in [5.41, 5.74) is 1.40. The first-order chi connectivity index (χ1) is 11.5. The molecule has 8 heteroatoms. The second-order valence-corrected chi connectivity index (χ2v) is 6.37. The highest BCUT2D eigenvalue weighted by Crippen LogP contribution is 2.22. The summed E-state index contributed by atoms with van der Waals surface area (Å²) in [4.78, 5) is 22.8. The zero-order chi connectivity index (χ0) is 17.1. The van der Waals surface area contributed by atoms with E-state index in [0.717, 1.165) is 10.7 Å². The number of benzene rings is 1. The molecule has 1 aromatic carbocycles. The maximum absolute atomic E-state index is 13.2. The highest BCUT2D eigenvalue weighted by molar-refractivity contribution is 7.09. The third-order valence-electron chi connectivity index (χ3n) is 3.58. The van der Waals surface area contributed by atoms with Crippen molar-refractivity contribution in [2.24, 2.45) is 0 Å². The van der Waals surface area contributed by atoms with Gasteiger partial charge in [0, 0.05) is 11.1 Å². The van der Waals surface area contributed by atoms with Gasteiger partial charge in [-0.05, 0) is 38.1 Å². The van der Waals surface area contributed by atoms with Crippen molar-refractivity contribution in [1.82, 2.24) is 19.7 Å². The molecule has 24 heavy (non-hydrogen) atoms. The Hall–Kier alpha value is -2.61. The van der Waals surface area contributed by atoms with Gasteiger partial charge in [-0.2, -0.15) is 5.10 Å². The molecule has 2 heterocycles. The first-order valence-electron chi connectivity index (χ1n) is 7.36. The van der Waals surface area contributed by atoms with E-state index in [4.69, 9.17) is 0 Å². The van der Waals surface area contributed by atoms with Crippen LogP contribution in [0.3, 0.4) is 0 Å². The number of halogens is 1. The van der Waals surface area contributed by atoms with Gasteiger partial charge in [-0.15, -0.1) is 11.3 Å². The molecular formula is C16H16FN5OS. The van der Waals surface area contributed by atoms with Gasteiger partial charge in [0.25, 0.3) is 5.91 Å². The third kappa shape index (κ3) is 3.48. The number of carbonyl (C=O) groups excluding carboxylic acids is 1. The lowest BCUT2D eigenvalue weighted by Crippen LogP contribution is -2.36. The summed E-state index contributed by atoms with van der Waals surface area (Å²) in [5.74, 6) is -0.516. The molecule has 2 aromatic heterocycles. The van der Waals surface area contributed by atoms with Crippen molar-refractivity contribution in [3.8, 4) is 0 Å². The van der Waals surface area contributed by atoms with Gasteiger partial charge < -0.3 is 4.90 Å². The molecule has 124 valence electrons. The number of rotatable bonds is 5. The van der Waals surface area contributed by atoms with E-state index in [1.807, 2.05) is 12.3 Å². The number of aryl methyl sites for hydroxylation is 1. The van der Waals surface area contributed by atoms with Gasteiger partial charge in [0.05, 0.1) is 17.2 Å². The minimum absolute atomic E-state index is 0.169. The Balaban J connectivity index is 1.91. The van der Waals surface area contributed by atoms with E-state index in [1.165, 1.54) is 40.8 Å². The van der Waals surface area contributed by atoms with Crippen molar-refractivity contribution in [3.05, 3.63) is 58.8 Å². The number of carbonyl (C=O) groups is 1. The number of nitrogens with zero attached hydrogens (tertiary/aromatic N) is 5. The van der Waals surface area contributed by atoms with Gasteiger partial charge in [-0.25, -0.2) is 19.0 Å². The number of anilines is 1. The number of aromatic nitrogens is 4. The zero-order valence-corrected chi connectivity index (χ0v) is 14.1. The highest BCUT2D eigenvalue weighted by Gasteiger charge is 2.24. The molecule has 0 aliphatic rings. The summed E-state index contributed by atoms with van der Waals surface area (Å²) in [7, 11) is 0. The molecule has 0 radical (unpaired) electrons. The molecule has 0 saturated carbocycles. The fraction of sp³-hybridized carbons (Fsp3) is 0.250. The van der Waals surface area contributed by atoms with Crippen LogP contribution in [0.5, 0.6) is 0 Å². The van der Waals surface area contributed by atoms with Gasteiger partial charge in [0.15, 0.2) is 0 Å². The molecule has 3 aromatic rings. The van der Waals surface area contributed by atoms with Crippen LogP contribution >= 0.6 is 11.3 Å². The van der Waals surface area contributed by atoms with Gasteiger partial charge in [0.2, 0.25) is 0 Å². The van der Waals surface area contributed by atoms with Gasteiger partial charge in [-0.3, -0.25) is 4.79 Å². The van der Waals surface area contributed by atoms with Crippen molar-refractivity contribution < 1.29 is 9.18 Å². The van der Waals surface area contributed by atoms with E-state index in [9.17, 15) is 9.18 Å². The van der Waals surface area contributed by atoms with Crippen LogP contribution in [0.15, 0.2) is 42.3 Å². The first-order valence-corrected chi connectivity index (χ1v) is 8.24. The molecule has 1 amide bonds. The van der Waals surface area contributed by atoms with E-state index in [-0.39, 0.29) is 11.7 Å². The van der Waals surface area contributed by atoms with Gasteiger partial charge in [-0.1, -0.05) is 0 Å². The topological polar surface area (TPSA) is 63.9 Å². The van der Waals surface area contributed by atoms with Crippen molar-refractivity contribution >= 4 is 22.9 Å². The second-order valence-electron chi connectivity index (χ2n) is 5.31. The Kier molecular flexibility index (Phi) is 4.66. The van der Waals surface area contributed by atoms with Crippen LogP contribution < -0.4 is 4.90 Å². The van der Waals surface area contributed by atoms with E-state index in [2.05, 4.69) is 15.1 Å². The fourth-order valence-corrected chi connectivity index (χ4v) is 2.92. The molecule has 0 bridgehead atoms. The molecule has 1 unspecified atom stereocenters. The predicted octanol–water partition coefficient (Wildman–Crippen LogP) is 2.98. The summed E-state index contributed by atoms with van der Waals surface area (Å²) in [5, 5.41) is 6.87. The number of amides is 1. The Morgan fingerprint density at radius 3 is 2.71 bits per heavy atom. The van der Waals surface area contributed by atoms with Crippen LogP contribution in [0.25, 0.3) is 0 Å². The second kappa shape index (κ2) is 6.88. The minimum atomic E-state index is -0.530. The third-order valence-corrected chi connectivity index (χ3v) is 4.40. The average molecular weight is 345 g/mol. The fourth-order valence-electron chi connectivity index (χ4n) is 2.32. The summed E-state index contributed by atoms with van der Waals surface area (Å²) >= 11 is 1.53. The molecule has 0 aliphatic carbocycles. The molecule has 0 fully saturated rings. The predicted molar refractivity (Wildman–Crippen MR) is 89.2 cm³/mol. The number of hydrogen-bond acceptors (Lipinski definition) is 5. The smallest absolute Gasteiger partial charge is 0.251 e. The maximum atomic E-state index is 13.2. The molecular weight excluding hydrogens is 329 g/mol. The average Bonchev–Trinajstić information content (AvgIpc) is 3.24. The van der Waals surface area contributed by atoms with Gasteiger partial charge >= 0.3 is 0 Å². The van der Waals surface area contributed by atoms with E-state index in [0.29, 0.717) is 12.2 Å². The SMILES string of the molecule is Cc1nc(CN(C(=O)C(C)n2cncn2)c2ccc(F)cc2)cs1. The molecule has 3 rings (SSSR count). The van der Waals surface area contributed by atoms with Crippen LogP contribution in [0.4, 0.5) is 10.1 Å². The Morgan fingerprint density at radius 1 is 1.38 bits per heavy atom. The lowest BCUT2D eigenvalue weighted by atomic mass is 10.2. The molecule has 0 saturated heterocycles. The zero-order valence-electron chi connectivity index (χ0n) is 13.3. The van der Waals surface area contributed by atoms with Crippen molar-refractivity contribution in [2.75, 3.05) is 4.90 Å². The van der Waals surface area contributed by atoms with Gasteiger partial charge in [0.1, 0.15) is 24.5 Å². The largest absolute Gasteiger partial charge is 0.305 e. The van der Waals surface area contributed by atoms with Crippen LogP contribution in [0.1, 0.15) is 23.7 Å². The van der Waals surface area contributed by atoms with E-state index in [1.54, 1.807) is 24.0 Å². The Labute approximate surface area is 142 Å². The Bertz CT molecular complexity index is 815. The normalized spacial score (nSPS) is 12.1. The molecule has 1 atom stereocenters. The standard InChI is InChI=1S/C16H16FN5OS/c1-11(22-10-18-9-19-22)16(23)21(7-14-8-24-12(2)20-14)15-5-3-13(17)4-6-15/h3-6,8-11H,7H2,1-2H3. The summed E-state index contributed by atoms with van der Waals surface area (Å²) in [6.45, 7) is 3.98. The quantitative estimate of drug-likeness (QED) is 0.713. The van der Waals surface area contributed by atoms with Crippen molar-refractivity contribution in [3.63, 3.8) is 0 Å². The molecule has 6 nitrogen and oxygen atoms in total. The minimum Gasteiger partial charge on any atom is -0.305 e. The first kappa shape index (κ1) is 16.3. The van der Waals surface area contributed by atoms with Crippen LogP contribution in [-0.2, 0) is 11.3 Å².